The molecular formula is C20H17ClN2O3S. The first-order chi connectivity index (χ1) is 13.0. The first kappa shape index (κ1) is 18.1. The smallest absolute Gasteiger partial charge is 0.262 e. The monoisotopic (exact) mass is 400 g/mol. The van der Waals surface area contributed by atoms with Crippen LogP contribution in [0.15, 0.2) is 48.5 Å². The van der Waals surface area contributed by atoms with Crippen molar-refractivity contribution in [1.29, 1.82) is 0 Å². The van der Waals surface area contributed by atoms with E-state index < -0.39 is 17.9 Å². The van der Waals surface area contributed by atoms with Crippen LogP contribution in [0.4, 0.5) is 0 Å². The van der Waals surface area contributed by atoms with E-state index in [9.17, 15) is 14.4 Å². The second kappa shape index (κ2) is 7.02. The summed E-state index contributed by atoms with van der Waals surface area (Å²) >= 11 is 7.95. The molecular weight excluding hydrogens is 384 g/mol. The lowest BCUT2D eigenvalue weighted by Gasteiger charge is -2.30. The maximum Gasteiger partial charge on any atom is 0.262 e. The zero-order valence-electron chi connectivity index (χ0n) is 14.6. The highest BCUT2D eigenvalue weighted by molar-refractivity contribution is 7.99. The fourth-order valence-corrected chi connectivity index (χ4v) is 5.14. The summed E-state index contributed by atoms with van der Waals surface area (Å²) in [6, 6.07) is 13.2. The van der Waals surface area contributed by atoms with E-state index in [1.807, 2.05) is 18.2 Å². The van der Waals surface area contributed by atoms with Crippen LogP contribution in [-0.2, 0) is 4.79 Å². The Kier molecular flexibility index (Phi) is 4.70. The number of halogens is 1. The maximum atomic E-state index is 13.2. The van der Waals surface area contributed by atoms with Crippen LogP contribution in [0.1, 0.15) is 38.6 Å². The highest BCUT2D eigenvalue weighted by atomic mass is 35.5. The zero-order valence-corrected chi connectivity index (χ0v) is 16.2. The second-order valence-corrected chi connectivity index (χ2v) is 8.07. The van der Waals surface area contributed by atoms with Crippen LogP contribution in [-0.4, -0.2) is 45.9 Å². The molecule has 2 aliphatic heterocycles. The van der Waals surface area contributed by atoms with Crippen LogP contribution in [0.25, 0.3) is 0 Å². The Morgan fingerprint density at radius 2 is 1.67 bits per heavy atom. The van der Waals surface area contributed by atoms with Crippen LogP contribution in [0.2, 0.25) is 5.02 Å². The summed E-state index contributed by atoms with van der Waals surface area (Å²) < 4.78 is 0. The van der Waals surface area contributed by atoms with Crippen molar-refractivity contribution in [2.45, 2.75) is 18.3 Å². The number of carbonyl (C=O) groups is 3. The average Bonchev–Trinajstić information content (AvgIpc) is 3.25. The summed E-state index contributed by atoms with van der Waals surface area (Å²) in [5, 5.41) is 0.381. The van der Waals surface area contributed by atoms with Crippen molar-refractivity contribution in [3.8, 4) is 0 Å². The van der Waals surface area contributed by atoms with E-state index in [-0.39, 0.29) is 11.3 Å². The zero-order chi connectivity index (χ0) is 19.1. The topological polar surface area (TPSA) is 57.7 Å². The summed E-state index contributed by atoms with van der Waals surface area (Å²) in [4.78, 5) is 41.3. The van der Waals surface area contributed by atoms with Crippen molar-refractivity contribution in [3.63, 3.8) is 0 Å². The molecule has 2 atom stereocenters. The van der Waals surface area contributed by atoms with E-state index in [1.54, 1.807) is 53.9 Å². The van der Waals surface area contributed by atoms with Crippen molar-refractivity contribution in [2.24, 2.45) is 0 Å². The van der Waals surface area contributed by atoms with E-state index in [1.165, 1.54) is 0 Å². The van der Waals surface area contributed by atoms with Gasteiger partial charge in [-0.05, 0) is 25.1 Å². The minimum atomic E-state index is -0.874. The second-order valence-electron chi connectivity index (χ2n) is 6.48. The first-order valence-corrected chi connectivity index (χ1v) is 10.1. The molecule has 4 rings (SSSR count). The Labute approximate surface area is 166 Å². The molecule has 0 N–H and O–H groups in total. The van der Waals surface area contributed by atoms with Crippen molar-refractivity contribution in [1.82, 2.24) is 9.80 Å². The summed E-state index contributed by atoms with van der Waals surface area (Å²) in [5.41, 5.74) is 1.56. The number of rotatable bonds is 3. The molecule has 0 saturated carbocycles. The molecule has 2 aliphatic rings. The van der Waals surface area contributed by atoms with Crippen molar-refractivity contribution in [3.05, 3.63) is 70.2 Å². The first-order valence-electron chi connectivity index (χ1n) is 8.64. The minimum Gasteiger partial charge on any atom is -0.324 e. The van der Waals surface area contributed by atoms with E-state index in [4.69, 9.17) is 11.6 Å². The number of benzene rings is 2. The van der Waals surface area contributed by atoms with Crippen LogP contribution in [0.3, 0.4) is 0 Å². The van der Waals surface area contributed by atoms with Crippen LogP contribution >= 0.6 is 23.4 Å². The van der Waals surface area contributed by atoms with Crippen LogP contribution in [0.5, 0.6) is 0 Å². The fraction of sp³-hybridized carbons (Fsp3) is 0.250. The lowest BCUT2D eigenvalue weighted by Crippen LogP contribution is -2.49. The maximum absolute atomic E-state index is 13.2. The predicted molar refractivity (Wildman–Crippen MR) is 105 cm³/mol. The van der Waals surface area contributed by atoms with E-state index in [2.05, 4.69) is 0 Å². The van der Waals surface area contributed by atoms with Gasteiger partial charge in [0.25, 0.3) is 11.8 Å². The van der Waals surface area contributed by atoms with Gasteiger partial charge in [-0.2, -0.15) is 0 Å². The van der Waals surface area contributed by atoms with Gasteiger partial charge < -0.3 is 4.90 Å². The summed E-state index contributed by atoms with van der Waals surface area (Å²) in [7, 11) is 0. The molecule has 27 heavy (non-hydrogen) atoms. The van der Waals surface area contributed by atoms with E-state index in [0.29, 0.717) is 22.7 Å². The predicted octanol–water partition coefficient (Wildman–Crippen LogP) is 3.60. The molecule has 1 saturated heterocycles. The quantitative estimate of drug-likeness (QED) is 0.739. The number of hydrogen-bond donors (Lipinski definition) is 0. The van der Waals surface area contributed by atoms with Gasteiger partial charge in [-0.25, -0.2) is 0 Å². The number of fused-ring (bicyclic) bond motifs is 1. The number of amides is 3. The SMILES string of the molecule is CC(C(=O)N1CCSC1c1ccccc1Cl)N1C(=O)c2ccccc2C1=O. The highest BCUT2D eigenvalue weighted by Crippen LogP contribution is 2.41. The van der Waals surface area contributed by atoms with Crippen molar-refractivity contribution in [2.75, 3.05) is 12.3 Å². The molecule has 2 aromatic rings. The summed E-state index contributed by atoms with van der Waals surface area (Å²) in [5.74, 6) is -0.314. The molecule has 1 fully saturated rings. The van der Waals surface area contributed by atoms with Crippen LogP contribution in [0, 0.1) is 0 Å². The molecule has 2 unspecified atom stereocenters. The van der Waals surface area contributed by atoms with E-state index >= 15 is 0 Å². The lowest BCUT2D eigenvalue weighted by molar-refractivity contribution is -0.135. The number of hydrogen-bond acceptors (Lipinski definition) is 4. The summed E-state index contributed by atoms with van der Waals surface area (Å²) in [6.45, 7) is 2.16. The third kappa shape index (κ3) is 2.93. The van der Waals surface area contributed by atoms with Gasteiger partial charge in [-0.1, -0.05) is 41.9 Å². The van der Waals surface area contributed by atoms with Crippen molar-refractivity contribution >= 4 is 41.1 Å². The van der Waals surface area contributed by atoms with Crippen molar-refractivity contribution < 1.29 is 14.4 Å². The average molecular weight is 401 g/mol. The number of carbonyl (C=O) groups excluding carboxylic acids is 3. The fourth-order valence-electron chi connectivity index (χ4n) is 3.54. The molecule has 0 radical (unpaired) electrons. The van der Waals surface area contributed by atoms with Gasteiger partial charge in [0.1, 0.15) is 11.4 Å². The Balaban J connectivity index is 1.60. The van der Waals surface area contributed by atoms with Gasteiger partial charge in [0.15, 0.2) is 0 Å². The molecule has 0 aromatic heterocycles. The molecule has 2 heterocycles. The largest absolute Gasteiger partial charge is 0.324 e. The highest BCUT2D eigenvalue weighted by Gasteiger charge is 2.43. The molecule has 0 aliphatic carbocycles. The molecule has 2 aromatic carbocycles. The Morgan fingerprint density at radius 1 is 1.07 bits per heavy atom. The Hall–Kier alpha value is -2.31. The number of nitrogens with zero attached hydrogens (tertiary/aromatic N) is 2. The molecule has 138 valence electrons. The molecule has 0 bridgehead atoms. The van der Waals surface area contributed by atoms with Gasteiger partial charge in [0.2, 0.25) is 5.91 Å². The van der Waals surface area contributed by atoms with Gasteiger partial charge >= 0.3 is 0 Å². The lowest BCUT2D eigenvalue weighted by atomic mass is 10.1. The normalized spacial score (nSPS) is 20.1. The van der Waals surface area contributed by atoms with Gasteiger partial charge in [-0.15, -0.1) is 11.8 Å². The Bertz CT molecular complexity index is 913. The molecule has 5 nitrogen and oxygen atoms in total. The minimum absolute atomic E-state index is 0.219. The third-order valence-corrected chi connectivity index (χ3v) is 6.50. The van der Waals surface area contributed by atoms with Gasteiger partial charge in [0, 0.05) is 22.9 Å². The molecule has 7 heteroatoms. The number of imide groups is 1. The standard InChI is InChI=1S/C20H17ClN2O3S/c1-12(23-18(25)13-6-2-3-7-14(13)19(23)26)17(24)22-10-11-27-20(22)15-8-4-5-9-16(15)21/h2-9,12,20H,10-11H2,1H3. The van der Waals surface area contributed by atoms with Crippen LogP contribution < -0.4 is 0 Å². The molecule has 3 amide bonds. The van der Waals surface area contributed by atoms with Gasteiger partial charge in [-0.3, -0.25) is 19.3 Å². The third-order valence-electron chi connectivity index (χ3n) is 4.92. The van der Waals surface area contributed by atoms with E-state index in [0.717, 1.165) is 16.2 Å². The molecule has 0 spiro atoms. The number of thioether (sulfide) groups is 1. The Morgan fingerprint density at radius 3 is 2.30 bits per heavy atom. The summed E-state index contributed by atoms with van der Waals surface area (Å²) in [6.07, 6.45) is 0. The van der Waals surface area contributed by atoms with Gasteiger partial charge in [0.05, 0.1) is 11.1 Å².